The third kappa shape index (κ3) is 4.62. The van der Waals surface area contributed by atoms with Crippen LogP contribution in [-0.2, 0) is 0 Å². The Morgan fingerprint density at radius 1 is 1.30 bits per heavy atom. The van der Waals surface area contributed by atoms with E-state index in [0.29, 0.717) is 6.54 Å². The molecule has 0 amide bonds. The van der Waals surface area contributed by atoms with Crippen molar-refractivity contribution in [2.75, 3.05) is 6.54 Å². The Morgan fingerprint density at radius 3 is 2.63 bits per heavy atom. The van der Waals surface area contributed by atoms with Crippen LogP contribution in [-0.4, -0.2) is 27.3 Å². The number of nitro groups is 1. The molecule has 0 saturated carbocycles. The Balaban J connectivity index is 2.05. The highest BCUT2D eigenvalue weighted by Gasteiger charge is 2.10. The predicted octanol–water partition coefficient (Wildman–Crippen LogP) is 3.88. The van der Waals surface area contributed by atoms with Crippen molar-refractivity contribution >= 4 is 23.2 Å². The first-order chi connectivity index (χ1) is 13.0. The lowest BCUT2D eigenvalue weighted by molar-refractivity contribution is -0.384. The van der Waals surface area contributed by atoms with Gasteiger partial charge in [0.2, 0.25) is 4.80 Å². The molecule has 0 N–H and O–H groups in total. The fourth-order valence-corrected chi connectivity index (χ4v) is 3.09. The third-order valence-electron chi connectivity index (χ3n) is 3.57. The van der Waals surface area contributed by atoms with E-state index in [4.69, 9.17) is 0 Å². The molecule has 2 aromatic heterocycles. The molecule has 7 nitrogen and oxygen atoms in total. The van der Waals surface area contributed by atoms with Crippen LogP contribution in [0.15, 0.2) is 76.4 Å². The molecule has 0 unspecified atom stereocenters. The summed E-state index contributed by atoms with van der Waals surface area (Å²) in [5, 5.41) is 17.4. The van der Waals surface area contributed by atoms with Crippen molar-refractivity contribution < 1.29 is 4.92 Å². The molecule has 8 heteroatoms. The SMILES string of the molecule is C=C(C)CN=c1scc(-c2ccc([N+](=O)[O-])cc2)n1N=Cc1ccncc1. The van der Waals surface area contributed by atoms with Gasteiger partial charge in [-0.05, 0) is 36.8 Å². The standard InChI is InChI=1S/C19H17N5O2S/c1-14(2)11-21-19-23(22-12-15-7-9-20-10-8-15)18(13-27-19)16-3-5-17(6-4-16)24(25)26/h3-10,12-13H,1,11H2,2H3. The maximum absolute atomic E-state index is 10.9. The van der Waals surface area contributed by atoms with Crippen molar-refractivity contribution in [2.24, 2.45) is 10.1 Å². The van der Waals surface area contributed by atoms with Gasteiger partial charge in [0.15, 0.2) is 0 Å². The first kappa shape index (κ1) is 18.4. The average Bonchev–Trinajstić information content (AvgIpc) is 3.08. The molecular formula is C19H17N5O2S. The van der Waals surface area contributed by atoms with Gasteiger partial charge in [0.1, 0.15) is 0 Å². The van der Waals surface area contributed by atoms with Gasteiger partial charge in [-0.1, -0.05) is 12.2 Å². The summed E-state index contributed by atoms with van der Waals surface area (Å²) in [7, 11) is 0. The molecule has 0 atom stereocenters. The Hall–Kier alpha value is -3.39. The Bertz CT molecular complexity index is 1050. The van der Waals surface area contributed by atoms with Crippen molar-refractivity contribution in [1.29, 1.82) is 0 Å². The molecular weight excluding hydrogens is 362 g/mol. The maximum Gasteiger partial charge on any atom is 0.269 e. The highest BCUT2D eigenvalue weighted by molar-refractivity contribution is 7.07. The fourth-order valence-electron chi connectivity index (χ4n) is 2.25. The number of pyridine rings is 1. The number of hydrogen-bond acceptors (Lipinski definition) is 6. The predicted molar refractivity (Wildman–Crippen MR) is 107 cm³/mol. The van der Waals surface area contributed by atoms with Crippen LogP contribution < -0.4 is 4.80 Å². The molecule has 3 rings (SSSR count). The van der Waals surface area contributed by atoms with Crippen LogP contribution >= 0.6 is 11.3 Å². The molecule has 0 aliphatic carbocycles. The van der Waals surface area contributed by atoms with E-state index in [1.54, 1.807) is 35.4 Å². The van der Waals surface area contributed by atoms with Gasteiger partial charge >= 0.3 is 0 Å². The number of benzene rings is 1. The average molecular weight is 379 g/mol. The van der Waals surface area contributed by atoms with Gasteiger partial charge in [-0.25, -0.2) is 4.68 Å². The smallest absolute Gasteiger partial charge is 0.265 e. The van der Waals surface area contributed by atoms with Crippen LogP contribution in [0.5, 0.6) is 0 Å². The Labute approximate surface area is 159 Å². The Morgan fingerprint density at radius 2 is 2.00 bits per heavy atom. The van der Waals surface area contributed by atoms with E-state index in [1.807, 2.05) is 24.4 Å². The third-order valence-corrected chi connectivity index (χ3v) is 4.43. The number of hydrogen-bond donors (Lipinski definition) is 0. The topological polar surface area (TPSA) is 85.7 Å². The van der Waals surface area contributed by atoms with Gasteiger partial charge < -0.3 is 0 Å². The number of nitrogens with zero attached hydrogens (tertiary/aromatic N) is 5. The lowest BCUT2D eigenvalue weighted by Gasteiger charge is -2.03. The second-order valence-corrected chi connectivity index (χ2v) is 6.65. The Kier molecular flexibility index (Phi) is 5.68. The summed E-state index contributed by atoms with van der Waals surface area (Å²) < 4.78 is 1.73. The molecule has 0 fully saturated rings. The van der Waals surface area contributed by atoms with Crippen LogP contribution in [0.2, 0.25) is 0 Å². The van der Waals surface area contributed by atoms with Crippen molar-refractivity contribution in [3.63, 3.8) is 0 Å². The zero-order chi connectivity index (χ0) is 19.2. The first-order valence-electron chi connectivity index (χ1n) is 8.09. The summed E-state index contributed by atoms with van der Waals surface area (Å²) in [6, 6.07) is 10.1. The molecule has 136 valence electrons. The summed E-state index contributed by atoms with van der Waals surface area (Å²) >= 11 is 1.45. The second kappa shape index (κ2) is 8.33. The van der Waals surface area contributed by atoms with Crippen molar-refractivity contribution in [1.82, 2.24) is 9.66 Å². The molecule has 0 aliphatic rings. The first-order valence-corrected chi connectivity index (χ1v) is 8.97. The molecule has 0 bridgehead atoms. The van der Waals surface area contributed by atoms with Crippen molar-refractivity contribution in [2.45, 2.75) is 6.92 Å². The minimum atomic E-state index is -0.416. The number of nitro benzene ring substituents is 1. The second-order valence-electron chi connectivity index (χ2n) is 5.82. The minimum Gasteiger partial charge on any atom is -0.265 e. The molecule has 27 heavy (non-hydrogen) atoms. The summed E-state index contributed by atoms with van der Waals surface area (Å²) in [5.41, 5.74) is 3.53. The fraction of sp³-hybridized carbons (Fsp3) is 0.105. The minimum absolute atomic E-state index is 0.0491. The van der Waals surface area contributed by atoms with E-state index in [2.05, 4.69) is 21.7 Å². The highest BCUT2D eigenvalue weighted by atomic mass is 32.1. The molecule has 0 aliphatic heterocycles. The molecule has 2 heterocycles. The van der Waals surface area contributed by atoms with Crippen molar-refractivity contribution in [3.05, 3.63) is 86.8 Å². The number of non-ortho nitro benzene ring substituents is 1. The molecule has 0 spiro atoms. The van der Waals surface area contributed by atoms with Gasteiger partial charge in [0.25, 0.3) is 5.69 Å². The van der Waals surface area contributed by atoms with Gasteiger partial charge in [-0.15, -0.1) is 11.3 Å². The van der Waals surface area contributed by atoms with E-state index in [1.165, 1.54) is 23.5 Å². The van der Waals surface area contributed by atoms with Crippen LogP contribution in [0, 0.1) is 10.1 Å². The molecule has 3 aromatic rings. The summed E-state index contributed by atoms with van der Waals surface area (Å²) in [6.45, 7) is 6.30. The van der Waals surface area contributed by atoms with E-state index < -0.39 is 4.92 Å². The summed E-state index contributed by atoms with van der Waals surface area (Å²) in [4.78, 5) is 19.7. The number of aromatic nitrogens is 2. The lowest BCUT2D eigenvalue weighted by atomic mass is 10.1. The normalized spacial score (nSPS) is 11.8. The van der Waals surface area contributed by atoms with E-state index in [0.717, 1.165) is 27.2 Å². The van der Waals surface area contributed by atoms with E-state index in [9.17, 15) is 10.1 Å². The van der Waals surface area contributed by atoms with E-state index >= 15 is 0 Å². The van der Waals surface area contributed by atoms with Gasteiger partial charge in [0.05, 0.1) is 23.4 Å². The monoisotopic (exact) mass is 379 g/mol. The zero-order valence-electron chi connectivity index (χ0n) is 14.6. The van der Waals surface area contributed by atoms with Crippen molar-refractivity contribution in [3.8, 4) is 11.3 Å². The molecule has 0 saturated heterocycles. The largest absolute Gasteiger partial charge is 0.269 e. The van der Waals surface area contributed by atoms with Gasteiger partial charge in [0, 0.05) is 35.5 Å². The lowest BCUT2D eigenvalue weighted by Crippen LogP contribution is -2.13. The molecule has 1 aromatic carbocycles. The molecule has 0 radical (unpaired) electrons. The maximum atomic E-state index is 10.9. The van der Waals surface area contributed by atoms with Crippen LogP contribution in [0.1, 0.15) is 12.5 Å². The van der Waals surface area contributed by atoms with Crippen LogP contribution in [0.25, 0.3) is 11.3 Å². The summed E-state index contributed by atoms with van der Waals surface area (Å²) in [6.07, 6.45) is 5.12. The quantitative estimate of drug-likeness (QED) is 0.282. The van der Waals surface area contributed by atoms with Crippen LogP contribution in [0.3, 0.4) is 0 Å². The van der Waals surface area contributed by atoms with Crippen LogP contribution in [0.4, 0.5) is 5.69 Å². The number of thiazole rings is 1. The van der Waals surface area contributed by atoms with E-state index in [-0.39, 0.29) is 5.69 Å². The van der Waals surface area contributed by atoms with Gasteiger partial charge in [-0.2, -0.15) is 5.10 Å². The summed E-state index contributed by atoms with van der Waals surface area (Å²) in [5.74, 6) is 0. The number of rotatable bonds is 6. The van der Waals surface area contributed by atoms with Gasteiger partial charge in [-0.3, -0.25) is 20.1 Å². The zero-order valence-corrected chi connectivity index (χ0v) is 15.5. The highest BCUT2D eigenvalue weighted by Crippen LogP contribution is 2.23.